The molecule has 112 valence electrons. The van der Waals surface area contributed by atoms with E-state index in [9.17, 15) is 4.79 Å². The summed E-state index contributed by atoms with van der Waals surface area (Å²) in [6.45, 7) is 8.02. The van der Waals surface area contributed by atoms with Gasteiger partial charge in [0.1, 0.15) is 5.75 Å². The van der Waals surface area contributed by atoms with Gasteiger partial charge in [0, 0.05) is 5.69 Å². The smallest absolute Gasteiger partial charge is 0.284 e. The summed E-state index contributed by atoms with van der Waals surface area (Å²) < 4.78 is 7.00. The number of nitrogens with zero attached hydrogens (tertiary/aromatic N) is 2. The van der Waals surface area contributed by atoms with E-state index in [0.29, 0.717) is 5.75 Å². The Bertz CT molecular complexity index is 627. The minimum absolute atomic E-state index is 0.00339. The molecule has 0 fully saturated rings. The Balaban J connectivity index is 2.04. The monoisotopic (exact) mass is 286 g/mol. The summed E-state index contributed by atoms with van der Waals surface area (Å²) in [5, 5.41) is 4.31. The molecule has 4 heteroatoms. The molecule has 0 unspecified atom stereocenters. The number of rotatable bonds is 5. The first-order chi connectivity index (χ1) is 10.1. The van der Waals surface area contributed by atoms with Crippen LogP contribution in [0.15, 0.2) is 24.3 Å². The third kappa shape index (κ3) is 3.32. The first kappa shape index (κ1) is 15.3. The van der Waals surface area contributed by atoms with Gasteiger partial charge in [-0.3, -0.25) is 4.79 Å². The van der Waals surface area contributed by atoms with Gasteiger partial charge in [0.2, 0.25) is 0 Å². The van der Waals surface area contributed by atoms with Crippen LogP contribution in [0.5, 0.6) is 5.75 Å². The molecule has 0 radical (unpaired) electrons. The highest BCUT2D eigenvalue weighted by Crippen LogP contribution is 2.15. The predicted octanol–water partition coefficient (Wildman–Crippen LogP) is 3.34. The van der Waals surface area contributed by atoms with Crippen LogP contribution in [0.1, 0.15) is 41.2 Å². The Morgan fingerprint density at radius 3 is 2.33 bits per heavy atom. The Labute approximate surface area is 125 Å². The molecule has 0 spiro atoms. The van der Waals surface area contributed by atoms with Crippen LogP contribution in [0, 0.1) is 13.8 Å². The lowest BCUT2D eigenvalue weighted by atomic mass is 10.1. The number of benzene rings is 1. The van der Waals surface area contributed by atoms with Crippen molar-refractivity contribution in [2.24, 2.45) is 0 Å². The van der Waals surface area contributed by atoms with Crippen LogP contribution in [-0.2, 0) is 12.8 Å². The van der Waals surface area contributed by atoms with Crippen LogP contribution in [0.2, 0.25) is 0 Å². The third-order valence-corrected chi connectivity index (χ3v) is 3.72. The van der Waals surface area contributed by atoms with Crippen molar-refractivity contribution in [1.82, 2.24) is 9.78 Å². The number of hydrogen-bond acceptors (Lipinski definition) is 3. The maximum atomic E-state index is 12.2. The van der Waals surface area contributed by atoms with Gasteiger partial charge in [0.25, 0.3) is 5.91 Å². The van der Waals surface area contributed by atoms with Gasteiger partial charge in [-0.15, -0.1) is 0 Å². The number of aromatic nitrogens is 2. The van der Waals surface area contributed by atoms with E-state index in [1.54, 1.807) is 0 Å². The standard InChI is InChI=1S/C17H22N2O2/c1-5-14-7-9-15(10-8-14)21-11-17(20)19-13(4)16(6-2)12(3)18-19/h7-10H,5-6,11H2,1-4H3. The average molecular weight is 286 g/mol. The maximum Gasteiger partial charge on any atom is 0.284 e. The lowest BCUT2D eigenvalue weighted by Gasteiger charge is -2.07. The second-order valence-corrected chi connectivity index (χ2v) is 5.09. The molecule has 0 aliphatic rings. The molecule has 0 saturated heterocycles. The molecule has 21 heavy (non-hydrogen) atoms. The number of carbonyl (C=O) groups excluding carboxylic acids is 1. The Morgan fingerprint density at radius 1 is 1.14 bits per heavy atom. The number of hydrogen-bond donors (Lipinski definition) is 0. The lowest BCUT2D eigenvalue weighted by Crippen LogP contribution is -2.21. The molecule has 0 bridgehead atoms. The maximum absolute atomic E-state index is 12.2. The van der Waals surface area contributed by atoms with Crippen molar-refractivity contribution >= 4 is 5.91 Å². The summed E-state index contributed by atoms with van der Waals surface area (Å²) in [7, 11) is 0. The van der Waals surface area contributed by atoms with Crippen LogP contribution in [-0.4, -0.2) is 22.3 Å². The topological polar surface area (TPSA) is 44.1 Å². The van der Waals surface area contributed by atoms with Crippen LogP contribution < -0.4 is 4.74 Å². The largest absolute Gasteiger partial charge is 0.484 e. The van der Waals surface area contributed by atoms with E-state index in [1.165, 1.54) is 10.2 Å². The van der Waals surface area contributed by atoms with Gasteiger partial charge in [0.05, 0.1) is 5.69 Å². The van der Waals surface area contributed by atoms with Crippen molar-refractivity contribution in [3.05, 3.63) is 46.8 Å². The molecule has 1 aromatic carbocycles. The zero-order valence-corrected chi connectivity index (χ0v) is 13.1. The second-order valence-electron chi connectivity index (χ2n) is 5.09. The van der Waals surface area contributed by atoms with E-state index >= 15 is 0 Å². The Morgan fingerprint density at radius 2 is 1.81 bits per heavy atom. The van der Waals surface area contributed by atoms with E-state index in [2.05, 4.69) is 18.9 Å². The van der Waals surface area contributed by atoms with Crippen LogP contribution >= 0.6 is 0 Å². The highest BCUT2D eigenvalue weighted by atomic mass is 16.5. The Hall–Kier alpha value is -2.10. The van der Waals surface area contributed by atoms with E-state index in [-0.39, 0.29) is 12.5 Å². The minimum Gasteiger partial charge on any atom is -0.484 e. The third-order valence-electron chi connectivity index (χ3n) is 3.72. The zero-order chi connectivity index (χ0) is 15.4. The molecule has 0 amide bonds. The van der Waals surface area contributed by atoms with E-state index in [1.807, 2.05) is 38.1 Å². The fourth-order valence-corrected chi connectivity index (χ4v) is 2.46. The van der Waals surface area contributed by atoms with Crippen molar-refractivity contribution in [2.45, 2.75) is 40.5 Å². The number of carbonyl (C=O) groups is 1. The number of ether oxygens (including phenoxy) is 1. The lowest BCUT2D eigenvalue weighted by molar-refractivity contribution is 0.0818. The summed E-state index contributed by atoms with van der Waals surface area (Å²) in [5.74, 6) is 0.563. The highest BCUT2D eigenvalue weighted by molar-refractivity contribution is 5.80. The van der Waals surface area contributed by atoms with Gasteiger partial charge >= 0.3 is 0 Å². The number of aryl methyl sites for hydroxylation is 2. The quantitative estimate of drug-likeness (QED) is 0.846. The van der Waals surface area contributed by atoms with E-state index in [4.69, 9.17) is 4.74 Å². The second kappa shape index (κ2) is 6.57. The molecule has 0 saturated carbocycles. The highest BCUT2D eigenvalue weighted by Gasteiger charge is 2.15. The summed E-state index contributed by atoms with van der Waals surface area (Å²) >= 11 is 0. The first-order valence-corrected chi connectivity index (χ1v) is 7.36. The average Bonchev–Trinajstić information content (AvgIpc) is 2.79. The van der Waals surface area contributed by atoms with Gasteiger partial charge in [0.15, 0.2) is 6.61 Å². The van der Waals surface area contributed by atoms with Gasteiger partial charge in [-0.1, -0.05) is 26.0 Å². The van der Waals surface area contributed by atoms with Crippen molar-refractivity contribution < 1.29 is 9.53 Å². The van der Waals surface area contributed by atoms with Crippen molar-refractivity contribution in [2.75, 3.05) is 6.61 Å². The van der Waals surface area contributed by atoms with Crippen LogP contribution in [0.25, 0.3) is 0 Å². The zero-order valence-electron chi connectivity index (χ0n) is 13.1. The van der Waals surface area contributed by atoms with Crippen molar-refractivity contribution in [1.29, 1.82) is 0 Å². The first-order valence-electron chi connectivity index (χ1n) is 7.36. The minimum atomic E-state index is -0.144. The molecule has 2 aromatic rings. The van der Waals surface area contributed by atoms with Gasteiger partial charge in [-0.05, 0) is 49.9 Å². The fraction of sp³-hybridized carbons (Fsp3) is 0.412. The fourth-order valence-electron chi connectivity index (χ4n) is 2.46. The van der Waals surface area contributed by atoms with Crippen LogP contribution in [0.3, 0.4) is 0 Å². The summed E-state index contributed by atoms with van der Waals surface area (Å²) in [6.07, 6.45) is 1.87. The summed E-state index contributed by atoms with van der Waals surface area (Å²) in [6, 6.07) is 7.81. The predicted molar refractivity (Wildman–Crippen MR) is 83.0 cm³/mol. The molecule has 0 N–H and O–H groups in total. The summed E-state index contributed by atoms with van der Waals surface area (Å²) in [4.78, 5) is 12.2. The van der Waals surface area contributed by atoms with Gasteiger partial charge in [-0.25, -0.2) is 4.68 Å². The molecular formula is C17H22N2O2. The molecule has 0 aliphatic heterocycles. The molecule has 0 aliphatic carbocycles. The SMILES string of the molecule is CCc1ccc(OCC(=O)n2nc(C)c(CC)c2C)cc1. The molecule has 2 rings (SSSR count). The van der Waals surface area contributed by atoms with Gasteiger partial charge < -0.3 is 4.74 Å². The van der Waals surface area contributed by atoms with E-state index in [0.717, 1.165) is 29.8 Å². The molecule has 0 atom stereocenters. The normalized spacial score (nSPS) is 10.7. The van der Waals surface area contributed by atoms with Crippen molar-refractivity contribution in [3.8, 4) is 5.75 Å². The van der Waals surface area contributed by atoms with E-state index < -0.39 is 0 Å². The summed E-state index contributed by atoms with van der Waals surface area (Å²) in [5.41, 5.74) is 4.20. The Kier molecular flexibility index (Phi) is 4.78. The molecular weight excluding hydrogens is 264 g/mol. The van der Waals surface area contributed by atoms with Gasteiger partial charge in [-0.2, -0.15) is 5.10 Å². The molecule has 1 aromatic heterocycles. The molecule has 1 heterocycles. The van der Waals surface area contributed by atoms with Crippen LogP contribution in [0.4, 0.5) is 0 Å². The molecule has 4 nitrogen and oxygen atoms in total. The van der Waals surface area contributed by atoms with Crippen molar-refractivity contribution in [3.63, 3.8) is 0 Å².